The standard InChI is InChI=1S/C26H27ClN6O3/c1-5-23(34)32-13-17(11-18(32)14-36-4)33-26(29-3)24(25(28)35)21(31-33)7-6-16-10-22-19(12-20(16)27)15(2)8-9-30-22/h5,8-10,12,17-18,29H,1,11,13-14H2,2-4H3,(H2,28,35)/t17?,18-/m1/s1. The first kappa shape index (κ1) is 25.2. The first-order chi connectivity index (χ1) is 17.3. The monoisotopic (exact) mass is 506 g/mol. The van der Waals surface area contributed by atoms with Gasteiger partial charge in [0.05, 0.1) is 29.2 Å². The summed E-state index contributed by atoms with van der Waals surface area (Å²) in [5, 5.41) is 9.08. The minimum atomic E-state index is -0.665. The fourth-order valence-corrected chi connectivity index (χ4v) is 4.80. The Kier molecular flexibility index (Phi) is 7.29. The second kappa shape index (κ2) is 10.4. The minimum absolute atomic E-state index is 0.154. The van der Waals surface area contributed by atoms with Gasteiger partial charge in [-0.25, -0.2) is 4.68 Å². The number of methoxy groups -OCH3 is 1. The van der Waals surface area contributed by atoms with Crippen molar-refractivity contribution in [2.75, 3.05) is 32.6 Å². The van der Waals surface area contributed by atoms with Crippen LogP contribution in [0.15, 0.2) is 37.1 Å². The summed E-state index contributed by atoms with van der Waals surface area (Å²) >= 11 is 6.50. The van der Waals surface area contributed by atoms with Crippen molar-refractivity contribution >= 4 is 40.1 Å². The number of primary amides is 1. The number of benzene rings is 1. The third kappa shape index (κ3) is 4.65. The lowest BCUT2D eigenvalue weighted by Crippen LogP contribution is -2.37. The molecule has 1 aliphatic heterocycles. The maximum absolute atomic E-state index is 12.4. The van der Waals surface area contributed by atoms with Crippen LogP contribution in [0.4, 0.5) is 5.82 Å². The average molecular weight is 507 g/mol. The zero-order valence-corrected chi connectivity index (χ0v) is 21.1. The number of hydrogen-bond donors (Lipinski definition) is 2. The molecule has 4 rings (SSSR count). The number of halogens is 1. The molecule has 1 unspecified atom stereocenters. The van der Waals surface area contributed by atoms with Crippen molar-refractivity contribution in [1.82, 2.24) is 19.7 Å². The van der Waals surface area contributed by atoms with Gasteiger partial charge in [0.25, 0.3) is 5.91 Å². The van der Waals surface area contributed by atoms with Crippen molar-refractivity contribution in [3.05, 3.63) is 64.5 Å². The van der Waals surface area contributed by atoms with E-state index in [-0.39, 0.29) is 29.2 Å². The topological polar surface area (TPSA) is 115 Å². The number of nitrogens with one attached hydrogen (secondary N) is 1. The lowest BCUT2D eigenvalue weighted by atomic mass is 10.1. The Morgan fingerprint density at radius 1 is 1.39 bits per heavy atom. The van der Waals surface area contributed by atoms with Crippen LogP contribution in [0.5, 0.6) is 0 Å². The van der Waals surface area contributed by atoms with Crippen LogP contribution in [0.25, 0.3) is 10.9 Å². The molecule has 3 heterocycles. The summed E-state index contributed by atoms with van der Waals surface area (Å²) < 4.78 is 6.98. The Morgan fingerprint density at radius 3 is 2.83 bits per heavy atom. The fraction of sp³-hybridized carbons (Fsp3) is 0.308. The molecule has 2 atom stereocenters. The molecule has 0 radical (unpaired) electrons. The van der Waals surface area contributed by atoms with Crippen molar-refractivity contribution < 1.29 is 14.3 Å². The second-order valence-corrected chi connectivity index (χ2v) is 8.96. The van der Waals surface area contributed by atoms with Gasteiger partial charge in [-0.2, -0.15) is 5.10 Å². The molecule has 10 heteroatoms. The smallest absolute Gasteiger partial charge is 0.255 e. The van der Waals surface area contributed by atoms with E-state index in [0.717, 1.165) is 16.5 Å². The molecule has 3 N–H and O–H groups in total. The summed E-state index contributed by atoms with van der Waals surface area (Å²) in [6.07, 6.45) is 3.59. The normalized spacial score (nSPS) is 17.1. The Bertz CT molecular complexity index is 1420. The van der Waals surface area contributed by atoms with Crippen LogP contribution < -0.4 is 11.1 Å². The number of nitrogens with zero attached hydrogens (tertiary/aromatic N) is 4. The van der Waals surface area contributed by atoms with Gasteiger partial charge in [0.1, 0.15) is 11.4 Å². The van der Waals surface area contributed by atoms with Crippen molar-refractivity contribution in [2.45, 2.75) is 25.4 Å². The van der Waals surface area contributed by atoms with Crippen LogP contribution in [-0.2, 0) is 9.53 Å². The number of aromatic nitrogens is 3. The maximum atomic E-state index is 12.4. The summed E-state index contributed by atoms with van der Waals surface area (Å²) in [6, 6.07) is 5.18. The zero-order chi connectivity index (χ0) is 26.0. The summed E-state index contributed by atoms with van der Waals surface area (Å²) in [4.78, 5) is 30.9. The highest BCUT2D eigenvalue weighted by Crippen LogP contribution is 2.32. The predicted octanol–water partition coefficient (Wildman–Crippen LogP) is 2.91. The van der Waals surface area contributed by atoms with Crippen molar-refractivity contribution in [3.63, 3.8) is 0 Å². The zero-order valence-electron chi connectivity index (χ0n) is 20.3. The third-order valence-corrected chi connectivity index (χ3v) is 6.63. The Morgan fingerprint density at radius 2 is 2.17 bits per heavy atom. The van der Waals surface area contributed by atoms with Gasteiger partial charge in [-0.05, 0) is 49.1 Å². The molecule has 1 fully saturated rings. The number of hydrogen-bond acceptors (Lipinski definition) is 6. The van der Waals surface area contributed by atoms with E-state index in [9.17, 15) is 9.59 Å². The van der Waals surface area contributed by atoms with Crippen LogP contribution in [0.3, 0.4) is 0 Å². The van der Waals surface area contributed by atoms with Gasteiger partial charge in [-0.1, -0.05) is 24.1 Å². The van der Waals surface area contributed by atoms with E-state index < -0.39 is 5.91 Å². The summed E-state index contributed by atoms with van der Waals surface area (Å²) in [5.74, 6) is 5.58. The molecule has 0 aliphatic carbocycles. The van der Waals surface area contributed by atoms with Gasteiger partial charge in [-0.15, -0.1) is 0 Å². The molecule has 0 spiro atoms. The molecule has 0 bridgehead atoms. The molecule has 1 aliphatic rings. The van der Waals surface area contributed by atoms with Crippen molar-refractivity contribution in [1.29, 1.82) is 0 Å². The molecule has 1 aromatic carbocycles. The summed E-state index contributed by atoms with van der Waals surface area (Å²) in [6.45, 7) is 6.33. The highest BCUT2D eigenvalue weighted by atomic mass is 35.5. The highest BCUT2D eigenvalue weighted by Gasteiger charge is 2.37. The first-order valence-electron chi connectivity index (χ1n) is 11.4. The maximum Gasteiger partial charge on any atom is 0.255 e. The number of carbonyl (C=O) groups excluding carboxylic acids is 2. The molecule has 36 heavy (non-hydrogen) atoms. The van der Waals surface area contributed by atoms with Gasteiger partial charge < -0.3 is 20.7 Å². The molecular weight excluding hydrogens is 480 g/mol. The number of fused-ring (bicyclic) bond motifs is 1. The van der Waals surface area contributed by atoms with Gasteiger partial charge >= 0.3 is 0 Å². The van der Waals surface area contributed by atoms with Crippen molar-refractivity contribution in [2.24, 2.45) is 5.73 Å². The van der Waals surface area contributed by atoms with Crippen LogP contribution in [0.1, 0.15) is 39.6 Å². The SMILES string of the molecule is C=CC(=O)N1CC(n2nc(C#Cc3cc4nccc(C)c4cc3Cl)c(C(N)=O)c2NC)C[C@@H]1COC. The molecular formula is C26H27ClN6O3. The lowest BCUT2D eigenvalue weighted by molar-refractivity contribution is -0.127. The van der Waals surface area contributed by atoms with Crippen LogP contribution >= 0.6 is 11.6 Å². The van der Waals surface area contributed by atoms with Crippen molar-refractivity contribution in [3.8, 4) is 11.8 Å². The Hall–Kier alpha value is -3.87. The number of carbonyl (C=O) groups is 2. The molecule has 9 nitrogen and oxygen atoms in total. The average Bonchev–Trinajstić information content (AvgIpc) is 3.44. The van der Waals surface area contributed by atoms with E-state index in [4.69, 9.17) is 22.1 Å². The quantitative estimate of drug-likeness (QED) is 0.392. The number of pyridine rings is 1. The van der Waals surface area contributed by atoms with Gasteiger partial charge in [0, 0.05) is 37.8 Å². The number of likely N-dealkylation sites (tertiary alicyclic amines) is 1. The summed E-state index contributed by atoms with van der Waals surface area (Å²) in [5.41, 5.74) is 8.51. The highest BCUT2D eigenvalue weighted by molar-refractivity contribution is 6.32. The largest absolute Gasteiger partial charge is 0.383 e. The number of ether oxygens (including phenoxy) is 1. The number of rotatable bonds is 6. The molecule has 2 amide bonds. The lowest BCUT2D eigenvalue weighted by Gasteiger charge is -2.22. The second-order valence-electron chi connectivity index (χ2n) is 8.55. The molecule has 2 aromatic heterocycles. The van der Waals surface area contributed by atoms with Gasteiger partial charge in [0.2, 0.25) is 5.91 Å². The molecule has 1 saturated heterocycles. The van der Waals surface area contributed by atoms with E-state index in [1.807, 2.05) is 25.1 Å². The number of aryl methyl sites for hydroxylation is 1. The van der Waals surface area contributed by atoms with Crippen LogP contribution in [-0.4, -0.2) is 64.8 Å². The van der Waals surface area contributed by atoms with E-state index >= 15 is 0 Å². The number of anilines is 1. The molecule has 3 aromatic rings. The van der Waals surface area contributed by atoms with E-state index in [1.165, 1.54) is 6.08 Å². The molecule has 186 valence electrons. The van der Waals surface area contributed by atoms with Crippen LogP contribution in [0.2, 0.25) is 5.02 Å². The molecule has 0 saturated carbocycles. The first-order valence-corrected chi connectivity index (χ1v) is 11.8. The van der Waals surface area contributed by atoms with E-state index in [2.05, 4.69) is 33.8 Å². The minimum Gasteiger partial charge on any atom is -0.383 e. The van der Waals surface area contributed by atoms with E-state index in [0.29, 0.717) is 36.0 Å². The fourth-order valence-electron chi connectivity index (χ4n) is 4.59. The predicted molar refractivity (Wildman–Crippen MR) is 139 cm³/mol. The third-order valence-electron chi connectivity index (χ3n) is 6.31. The van der Waals surface area contributed by atoms with Gasteiger partial charge in [-0.3, -0.25) is 14.6 Å². The van der Waals surface area contributed by atoms with Crippen LogP contribution in [0, 0.1) is 18.8 Å². The number of amides is 2. The van der Waals surface area contributed by atoms with Gasteiger partial charge in [0.15, 0.2) is 5.69 Å². The van der Waals surface area contributed by atoms with E-state index in [1.54, 1.807) is 29.9 Å². The Labute approximate surface area is 214 Å². The number of nitrogens with two attached hydrogens (primary N) is 1. The Balaban J connectivity index is 1.76. The summed E-state index contributed by atoms with van der Waals surface area (Å²) in [7, 11) is 3.27.